The van der Waals surface area contributed by atoms with Crippen molar-refractivity contribution < 1.29 is 8.83 Å². The van der Waals surface area contributed by atoms with Gasteiger partial charge in [0.25, 0.3) is 0 Å². The topological polar surface area (TPSA) is 110 Å². The monoisotopic (exact) mass is 1210 g/mol. The van der Waals surface area contributed by atoms with E-state index in [1.807, 2.05) is 97.1 Å². The third-order valence-electron chi connectivity index (χ3n) is 16.9. The van der Waals surface area contributed by atoms with Crippen molar-refractivity contribution in [2.75, 3.05) is 9.80 Å². The Kier molecular flexibility index (Phi) is 15.1. The van der Waals surface area contributed by atoms with Gasteiger partial charge in [0, 0.05) is 67.5 Å². The number of para-hydroxylation sites is 2. The zero-order valence-electron chi connectivity index (χ0n) is 50.7. The van der Waals surface area contributed by atoms with E-state index in [0.29, 0.717) is 23.6 Å². The molecular formula is C84H56N8O2. The first-order valence-electron chi connectivity index (χ1n) is 31.1. The minimum atomic E-state index is 0.448. The lowest BCUT2D eigenvalue weighted by molar-refractivity contribution is 0.584. The largest absolute Gasteiger partial charge is 0.416 e. The predicted molar refractivity (Wildman–Crippen MR) is 379 cm³/mol. The molecule has 13 aromatic carbocycles. The highest BCUT2D eigenvalue weighted by Gasteiger charge is 2.22. The molecule has 10 nitrogen and oxygen atoms in total. The maximum Gasteiger partial charge on any atom is 0.248 e. The van der Waals surface area contributed by atoms with Gasteiger partial charge in [0.15, 0.2) is 0 Å². The van der Waals surface area contributed by atoms with Gasteiger partial charge in [-0.25, -0.2) is 9.97 Å². The fourth-order valence-corrected chi connectivity index (χ4v) is 12.1. The average molecular weight is 1210 g/mol. The van der Waals surface area contributed by atoms with Crippen LogP contribution in [0.2, 0.25) is 0 Å². The first-order chi connectivity index (χ1) is 46.6. The fourth-order valence-electron chi connectivity index (χ4n) is 12.1. The molecule has 10 heteroatoms. The summed E-state index contributed by atoms with van der Waals surface area (Å²) in [7, 11) is 0. The van der Waals surface area contributed by atoms with Crippen molar-refractivity contribution in [1.29, 1.82) is 0 Å². The molecule has 0 fully saturated rings. The Morgan fingerprint density at radius 1 is 0.191 bits per heavy atom. The second kappa shape index (κ2) is 25.2. The third-order valence-corrected chi connectivity index (χ3v) is 16.9. The lowest BCUT2D eigenvalue weighted by Gasteiger charge is -2.26. The standard InChI is InChI=1S/C84H56N8O2/c1-7-19-57(20-8-1)59-31-35-61(36-32-59)75-55-77-78(56-76(75)62-37-33-60(34-38-62)58-21-9-2-10-22-58)86-80(64-41-49-72(50-42-64)92(70-29-17-6-18-30-70)74-53-45-68(46-54-74)84-90-88-82(94-84)66-25-13-4-14-26-66)79(85-77)63-39-47-71(48-40-63)91(69-27-15-5-16-28-69)73-51-43-67(44-52-73)83-89-87-81(93-83)65-23-11-3-12-24-65/h1-56H. The number of nitrogens with zero attached hydrogens (tertiary/aromatic N) is 8. The van der Waals surface area contributed by atoms with E-state index < -0.39 is 0 Å². The average Bonchev–Trinajstić information content (AvgIpc) is 1.00. The fraction of sp³-hybridized carbons (Fsp3) is 0. The van der Waals surface area contributed by atoms with Crippen LogP contribution in [0.15, 0.2) is 349 Å². The highest BCUT2D eigenvalue weighted by atomic mass is 16.4. The van der Waals surface area contributed by atoms with Gasteiger partial charge in [0.05, 0.1) is 22.4 Å². The van der Waals surface area contributed by atoms with Crippen molar-refractivity contribution >= 4 is 45.2 Å². The van der Waals surface area contributed by atoms with E-state index in [0.717, 1.165) is 134 Å². The van der Waals surface area contributed by atoms with E-state index in [4.69, 9.17) is 18.8 Å². The Hall–Kier alpha value is -12.9. The van der Waals surface area contributed by atoms with Gasteiger partial charge in [-0.2, -0.15) is 0 Å². The van der Waals surface area contributed by atoms with Crippen molar-refractivity contribution in [2.24, 2.45) is 0 Å². The van der Waals surface area contributed by atoms with E-state index in [2.05, 4.69) is 273 Å². The summed E-state index contributed by atoms with van der Waals surface area (Å²) in [6, 6.07) is 117. The van der Waals surface area contributed by atoms with Crippen molar-refractivity contribution in [3.63, 3.8) is 0 Å². The van der Waals surface area contributed by atoms with Crippen LogP contribution in [-0.4, -0.2) is 30.4 Å². The summed E-state index contributed by atoms with van der Waals surface area (Å²) in [4.78, 5) is 15.9. The number of aromatic nitrogens is 6. The molecule has 0 amide bonds. The summed E-state index contributed by atoms with van der Waals surface area (Å²) in [5.41, 5.74) is 22.9. The predicted octanol–water partition coefficient (Wildman–Crippen LogP) is 22.0. The van der Waals surface area contributed by atoms with Gasteiger partial charge in [-0.05, 0) is 178 Å². The van der Waals surface area contributed by atoms with E-state index in [1.54, 1.807) is 0 Å². The maximum absolute atomic E-state index is 6.17. The molecule has 0 N–H and O–H groups in total. The van der Waals surface area contributed by atoms with Crippen LogP contribution in [0, 0.1) is 0 Å². The molecule has 0 aliphatic rings. The van der Waals surface area contributed by atoms with E-state index in [9.17, 15) is 0 Å². The maximum atomic E-state index is 6.17. The van der Waals surface area contributed by atoms with E-state index in [-0.39, 0.29) is 0 Å². The first kappa shape index (κ1) is 56.3. The van der Waals surface area contributed by atoms with Gasteiger partial charge < -0.3 is 18.6 Å². The molecule has 0 saturated heterocycles. The number of benzene rings is 13. The molecule has 0 spiro atoms. The zero-order chi connectivity index (χ0) is 62.6. The molecule has 0 bridgehead atoms. The zero-order valence-corrected chi connectivity index (χ0v) is 50.7. The van der Waals surface area contributed by atoms with E-state index in [1.165, 1.54) is 0 Å². The normalized spacial score (nSPS) is 11.2. The molecule has 16 aromatic rings. The lowest BCUT2D eigenvalue weighted by atomic mass is 9.91. The molecule has 0 aliphatic carbocycles. The van der Waals surface area contributed by atoms with Gasteiger partial charge in [0.2, 0.25) is 23.6 Å². The molecule has 0 atom stereocenters. The van der Waals surface area contributed by atoms with Crippen LogP contribution < -0.4 is 9.80 Å². The lowest BCUT2D eigenvalue weighted by Crippen LogP contribution is -2.10. The number of anilines is 6. The molecule has 444 valence electrons. The van der Waals surface area contributed by atoms with Gasteiger partial charge in [-0.1, -0.05) is 206 Å². The van der Waals surface area contributed by atoms with Gasteiger partial charge >= 0.3 is 0 Å². The Bertz CT molecular complexity index is 4900. The summed E-state index contributed by atoms with van der Waals surface area (Å²) in [5.74, 6) is 1.84. The van der Waals surface area contributed by atoms with Crippen LogP contribution in [0.4, 0.5) is 34.1 Å². The smallest absolute Gasteiger partial charge is 0.248 e. The molecule has 16 rings (SSSR count). The van der Waals surface area contributed by atoms with Crippen molar-refractivity contribution in [3.8, 4) is 113 Å². The molecule has 3 heterocycles. The summed E-state index contributed by atoms with van der Waals surface area (Å²) in [6.45, 7) is 0. The van der Waals surface area contributed by atoms with Crippen LogP contribution in [0.25, 0.3) is 124 Å². The number of fused-ring (bicyclic) bond motifs is 1. The Balaban J connectivity index is 0.807. The minimum Gasteiger partial charge on any atom is -0.416 e. The van der Waals surface area contributed by atoms with Crippen LogP contribution in [0.1, 0.15) is 0 Å². The summed E-state index contributed by atoms with van der Waals surface area (Å²) in [6.07, 6.45) is 0. The highest BCUT2D eigenvalue weighted by Crippen LogP contribution is 2.43. The second-order valence-electron chi connectivity index (χ2n) is 22.8. The summed E-state index contributed by atoms with van der Waals surface area (Å²) < 4.78 is 12.3. The van der Waals surface area contributed by atoms with Crippen molar-refractivity contribution in [1.82, 2.24) is 30.4 Å². The van der Waals surface area contributed by atoms with Crippen molar-refractivity contribution in [3.05, 3.63) is 340 Å². The van der Waals surface area contributed by atoms with Crippen LogP contribution in [0.5, 0.6) is 0 Å². The second-order valence-corrected chi connectivity index (χ2v) is 22.8. The SMILES string of the molecule is c1ccc(-c2ccc(-c3cc4nc(-c5ccc(N(c6ccccc6)c6ccc(-c7nnc(-c8ccccc8)o7)cc6)cc5)c(-c5ccc(N(c6ccccc6)c6ccc(-c7nnc(-c8ccccc8)o7)cc6)cc5)nc4cc3-c3ccc(-c4ccccc4)cc3)cc2)cc1. The molecule has 0 aliphatic heterocycles. The third kappa shape index (κ3) is 11.5. The Labute approximate surface area is 543 Å². The molecule has 3 aromatic heterocycles. The first-order valence-corrected chi connectivity index (χ1v) is 31.1. The number of rotatable bonds is 16. The summed E-state index contributed by atoms with van der Waals surface area (Å²) in [5, 5.41) is 17.5. The summed E-state index contributed by atoms with van der Waals surface area (Å²) >= 11 is 0. The molecule has 0 unspecified atom stereocenters. The quantitative estimate of drug-likeness (QED) is 0.0927. The van der Waals surface area contributed by atoms with Crippen LogP contribution >= 0.6 is 0 Å². The van der Waals surface area contributed by atoms with Gasteiger partial charge in [0.1, 0.15) is 0 Å². The molecular weight excluding hydrogens is 1150 g/mol. The van der Waals surface area contributed by atoms with Gasteiger partial charge in [-0.3, -0.25) is 0 Å². The Morgan fingerprint density at radius 3 is 0.702 bits per heavy atom. The Morgan fingerprint density at radius 2 is 0.404 bits per heavy atom. The molecule has 0 radical (unpaired) electrons. The highest BCUT2D eigenvalue weighted by molar-refractivity contribution is 5.97. The van der Waals surface area contributed by atoms with Crippen LogP contribution in [0.3, 0.4) is 0 Å². The van der Waals surface area contributed by atoms with Gasteiger partial charge in [-0.15, -0.1) is 20.4 Å². The van der Waals surface area contributed by atoms with Crippen LogP contribution in [-0.2, 0) is 0 Å². The molecule has 0 saturated carbocycles. The minimum absolute atomic E-state index is 0.448. The van der Waals surface area contributed by atoms with E-state index >= 15 is 0 Å². The van der Waals surface area contributed by atoms with Crippen molar-refractivity contribution in [2.45, 2.75) is 0 Å². The molecule has 94 heavy (non-hydrogen) atoms. The number of hydrogen-bond donors (Lipinski definition) is 0. The number of hydrogen-bond acceptors (Lipinski definition) is 10.